The summed E-state index contributed by atoms with van der Waals surface area (Å²) in [7, 11) is 0. The molecule has 5 nitrogen and oxygen atoms in total. The van der Waals surface area contributed by atoms with Crippen LogP contribution in [0.25, 0.3) is 21.7 Å². The van der Waals surface area contributed by atoms with E-state index in [2.05, 4.69) is 25.7 Å². The monoisotopic (exact) mass is 367 g/mol. The number of ether oxygens (including phenoxy) is 2. The Hall–Kier alpha value is -2.53. The lowest BCUT2D eigenvalue weighted by molar-refractivity contribution is 0.0236. The van der Waals surface area contributed by atoms with Crippen LogP contribution >= 0.6 is 0 Å². The van der Waals surface area contributed by atoms with Gasteiger partial charge in [-0.2, -0.15) is 0 Å². The van der Waals surface area contributed by atoms with E-state index in [1.807, 2.05) is 38.1 Å². The molecular formula is C22H25NO4. The van der Waals surface area contributed by atoms with E-state index in [-0.39, 0.29) is 11.5 Å². The zero-order chi connectivity index (χ0) is 19.3. The minimum absolute atomic E-state index is 0.0570. The number of carbonyl (C=O) groups is 1. The van der Waals surface area contributed by atoms with E-state index in [0.29, 0.717) is 31.2 Å². The predicted molar refractivity (Wildman–Crippen MR) is 105 cm³/mol. The normalized spacial score (nSPS) is 15.0. The van der Waals surface area contributed by atoms with Gasteiger partial charge < -0.3 is 13.9 Å². The number of furan rings is 1. The van der Waals surface area contributed by atoms with Crippen LogP contribution in [0.5, 0.6) is 5.75 Å². The van der Waals surface area contributed by atoms with Crippen molar-refractivity contribution < 1.29 is 18.7 Å². The summed E-state index contributed by atoms with van der Waals surface area (Å²) in [4.78, 5) is 15.0. The molecule has 0 N–H and O–H groups in total. The third-order valence-corrected chi connectivity index (χ3v) is 5.22. The van der Waals surface area contributed by atoms with E-state index < -0.39 is 0 Å². The summed E-state index contributed by atoms with van der Waals surface area (Å²) in [5, 5.41) is 2.78. The van der Waals surface area contributed by atoms with Gasteiger partial charge in [-0.25, -0.2) is 4.79 Å². The Morgan fingerprint density at radius 2 is 1.93 bits per heavy atom. The minimum atomic E-state index is -0.348. The first-order valence-electron chi connectivity index (χ1n) is 9.34. The summed E-state index contributed by atoms with van der Waals surface area (Å²) >= 11 is 0. The summed E-state index contributed by atoms with van der Waals surface area (Å²) < 4.78 is 17.6. The molecule has 0 radical (unpaired) electrons. The molecule has 0 atom stereocenters. The molecule has 1 aliphatic rings. The largest absolute Gasteiger partial charge is 0.477 e. The lowest BCUT2D eigenvalue weighted by atomic mass is 9.95. The Morgan fingerprint density at radius 3 is 2.59 bits per heavy atom. The maximum Gasteiger partial charge on any atom is 0.342 e. The predicted octanol–water partition coefficient (Wildman–Crippen LogP) is 5.02. The zero-order valence-corrected chi connectivity index (χ0v) is 16.5. The van der Waals surface area contributed by atoms with E-state index in [4.69, 9.17) is 13.9 Å². The molecule has 0 aliphatic carbocycles. The molecule has 2 heterocycles. The van der Waals surface area contributed by atoms with Crippen LogP contribution in [0.2, 0.25) is 0 Å². The Morgan fingerprint density at radius 1 is 1.22 bits per heavy atom. The molecule has 2 aromatic carbocycles. The minimum Gasteiger partial charge on any atom is -0.477 e. The number of esters is 1. The van der Waals surface area contributed by atoms with Crippen molar-refractivity contribution in [3.63, 3.8) is 0 Å². The molecule has 0 saturated heterocycles. The Bertz CT molecular complexity index is 1040. The van der Waals surface area contributed by atoms with E-state index in [1.54, 1.807) is 0 Å². The van der Waals surface area contributed by atoms with Gasteiger partial charge in [0, 0.05) is 33.8 Å². The van der Waals surface area contributed by atoms with Crippen LogP contribution in [-0.4, -0.2) is 29.7 Å². The van der Waals surface area contributed by atoms with Gasteiger partial charge in [-0.15, -0.1) is 0 Å². The molecule has 5 heteroatoms. The first-order chi connectivity index (χ1) is 12.8. The summed E-state index contributed by atoms with van der Waals surface area (Å²) in [5.74, 6) is 1.07. The van der Waals surface area contributed by atoms with Crippen molar-refractivity contribution in [1.29, 1.82) is 0 Å². The first-order valence-corrected chi connectivity index (χ1v) is 9.34. The SMILES string of the molecule is CCOC(=O)c1c(C)oc2c1c1c(c3ccccc32)OCN(C(C)(C)C)C1. The molecule has 1 aliphatic heterocycles. The second kappa shape index (κ2) is 6.27. The Kier molecular flexibility index (Phi) is 4.15. The van der Waals surface area contributed by atoms with Gasteiger partial charge in [0.15, 0.2) is 0 Å². The first kappa shape index (κ1) is 17.9. The fourth-order valence-electron chi connectivity index (χ4n) is 3.75. The summed E-state index contributed by atoms with van der Waals surface area (Å²) in [6.45, 7) is 11.6. The van der Waals surface area contributed by atoms with Crippen LogP contribution in [0.3, 0.4) is 0 Å². The topological polar surface area (TPSA) is 51.9 Å². The molecule has 0 amide bonds. The van der Waals surface area contributed by atoms with Crippen LogP contribution in [0.15, 0.2) is 28.7 Å². The van der Waals surface area contributed by atoms with Crippen LogP contribution in [0.1, 0.15) is 49.4 Å². The third kappa shape index (κ3) is 2.77. The zero-order valence-electron chi connectivity index (χ0n) is 16.5. The Labute approximate surface area is 158 Å². The Balaban J connectivity index is 2.07. The highest BCUT2D eigenvalue weighted by Gasteiger charge is 2.33. The number of hydrogen-bond donors (Lipinski definition) is 0. The number of aryl methyl sites for hydroxylation is 1. The van der Waals surface area contributed by atoms with E-state index in [1.165, 1.54) is 0 Å². The average molecular weight is 367 g/mol. The molecule has 27 heavy (non-hydrogen) atoms. The van der Waals surface area contributed by atoms with Crippen molar-refractivity contribution in [1.82, 2.24) is 4.90 Å². The molecule has 0 unspecified atom stereocenters. The van der Waals surface area contributed by atoms with Gasteiger partial charge in [0.2, 0.25) is 0 Å². The standard InChI is InChI=1S/C22H25NO4/c1-6-25-21(24)17-13(2)27-20-15-10-8-7-9-14(15)19-16(18(17)20)11-23(12-26-19)22(3,4)5/h7-10H,6,11-12H2,1-5H3. The quantitative estimate of drug-likeness (QED) is 0.595. The fraction of sp³-hybridized carbons (Fsp3) is 0.409. The molecule has 1 aromatic heterocycles. The highest BCUT2D eigenvalue weighted by molar-refractivity contribution is 6.16. The van der Waals surface area contributed by atoms with Crippen LogP contribution in [-0.2, 0) is 11.3 Å². The molecular weight excluding hydrogens is 342 g/mol. The number of nitrogens with zero attached hydrogens (tertiary/aromatic N) is 1. The summed E-state index contributed by atoms with van der Waals surface area (Å²) in [5.41, 5.74) is 2.17. The van der Waals surface area contributed by atoms with Crippen LogP contribution in [0, 0.1) is 6.92 Å². The van der Waals surface area contributed by atoms with Crippen molar-refractivity contribution in [2.24, 2.45) is 0 Å². The van der Waals surface area contributed by atoms with Crippen molar-refractivity contribution in [3.05, 3.63) is 41.2 Å². The van der Waals surface area contributed by atoms with Crippen molar-refractivity contribution in [2.75, 3.05) is 13.3 Å². The molecule has 0 spiro atoms. The molecule has 142 valence electrons. The van der Waals surface area contributed by atoms with Gasteiger partial charge in [-0.3, -0.25) is 4.90 Å². The van der Waals surface area contributed by atoms with Crippen molar-refractivity contribution in [3.8, 4) is 5.75 Å². The van der Waals surface area contributed by atoms with Gasteiger partial charge in [0.25, 0.3) is 0 Å². The highest BCUT2D eigenvalue weighted by Crippen LogP contribution is 2.44. The second-order valence-electron chi connectivity index (χ2n) is 7.95. The van der Waals surface area contributed by atoms with Gasteiger partial charge in [0.1, 0.15) is 29.4 Å². The average Bonchev–Trinajstić information content (AvgIpc) is 2.98. The summed E-state index contributed by atoms with van der Waals surface area (Å²) in [6, 6.07) is 8.02. The van der Waals surface area contributed by atoms with Crippen LogP contribution in [0.4, 0.5) is 0 Å². The molecule has 0 fully saturated rings. The lowest BCUT2D eigenvalue weighted by Gasteiger charge is -2.39. The van der Waals surface area contributed by atoms with Gasteiger partial charge >= 0.3 is 5.97 Å². The fourth-order valence-corrected chi connectivity index (χ4v) is 3.75. The van der Waals surface area contributed by atoms with E-state index in [9.17, 15) is 4.79 Å². The maximum atomic E-state index is 12.7. The number of benzene rings is 2. The van der Waals surface area contributed by atoms with Crippen molar-refractivity contribution in [2.45, 2.75) is 46.7 Å². The number of carbonyl (C=O) groups excluding carboxylic acids is 1. The molecule has 0 bridgehead atoms. The van der Waals surface area contributed by atoms with Gasteiger partial charge in [0.05, 0.1) is 6.61 Å². The number of hydrogen-bond acceptors (Lipinski definition) is 5. The molecule has 4 rings (SSSR count). The van der Waals surface area contributed by atoms with E-state index >= 15 is 0 Å². The van der Waals surface area contributed by atoms with Gasteiger partial charge in [-0.1, -0.05) is 24.3 Å². The highest BCUT2D eigenvalue weighted by atomic mass is 16.5. The third-order valence-electron chi connectivity index (χ3n) is 5.22. The lowest BCUT2D eigenvalue weighted by Crippen LogP contribution is -2.45. The van der Waals surface area contributed by atoms with E-state index in [0.717, 1.165) is 33.1 Å². The second-order valence-corrected chi connectivity index (χ2v) is 7.95. The molecule has 3 aromatic rings. The number of rotatable bonds is 2. The van der Waals surface area contributed by atoms with Crippen molar-refractivity contribution >= 4 is 27.7 Å². The maximum absolute atomic E-state index is 12.7. The summed E-state index contributed by atoms with van der Waals surface area (Å²) in [6.07, 6.45) is 0. The van der Waals surface area contributed by atoms with Crippen LogP contribution < -0.4 is 4.74 Å². The smallest absolute Gasteiger partial charge is 0.342 e. The molecule has 0 saturated carbocycles. The van der Waals surface area contributed by atoms with Gasteiger partial charge in [-0.05, 0) is 34.6 Å². The number of fused-ring (bicyclic) bond motifs is 6.